The summed E-state index contributed by atoms with van der Waals surface area (Å²) < 4.78 is 5.42. The van der Waals surface area contributed by atoms with Gasteiger partial charge in [0.15, 0.2) is 5.58 Å². The molecule has 0 saturated carbocycles. The molecule has 0 unspecified atom stereocenters. The molecule has 0 aromatic carbocycles. The first-order valence-electron chi connectivity index (χ1n) is 4.61. The SMILES string of the molecule is Cc1cc2n[nH]c(C(C)(C)C(=O)O)c2o1. The third-order valence-electron chi connectivity index (χ3n) is 2.51. The van der Waals surface area contributed by atoms with Gasteiger partial charge < -0.3 is 9.52 Å². The first kappa shape index (κ1) is 9.76. The lowest BCUT2D eigenvalue weighted by atomic mass is 9.89. The summed E-state index contributed by atoms with van der Waals surface area (Å²) in [7, 11) is 0. The quantitative estimate of drug-likeness (QED) is 0.789. The van der Waals surface area contributed by atoms with Gasteiger partial charge in [-0.15, -0.1) is 0 Å². The lowest BCUT2D eigenvalue weighted by Crippen LogP contribution is -2.29. The molecule has 2 rings (SSSR count). The van der Waals surface area contributed by atoms with Crippen LogP contribution in [0.3, 0.4) is 0 Å². The Morgan fingerprint density at radius 3 is 2.87 bits per heavy atom. The molecule has 80 valence electrons. The third-order valence-corrected chi connectivity index (χ3v) is 2.51. The van der Waals surface area contributed by atoms with Crippen LogP contribution in [0.25, 0.3) is 11.1 Å². The zero-order valence-corrected chi connectivity index (χ0v) is 8.79. The highest BCUT2D eigenvalue weighted by molar-refractivity contribution is 5.87. The zero-order valence-electron chi connectivity index (χ0n) is 8.79. The third kappa shape index (κ3) is 1.31. The van der Waals surface area contributed by atoms with Crippen molar-refractivity contribution in [1.82, 2.24) is 10.2 Å². The summed E-state index contributed by atoms with van der Waals surface area (Å²) in [5.41, 5.74) is 0.661. The molecule has 0 radical (unpaired) electrons. The van der Waals surface area contributed by atoms with Crippen molar-refractivity contribution in [2.75, 3.05) is 0 Å². The van der Waals surface area contributed by atoms with Crippen molar-refractivity contribution in [3.05, 3.63) is 17.5 Å². The average molecular weight is 208 g/mol. The predicted molar refractivity (Wildman–Crippen MR) is 53.8 cm³/mol. The number of aromatic amines is 1. The Morgan fingerprint density at radius 1 is 1.60 bits per heavy atom. The number of nitrogens with one attached hydrogen (secondary N) is 1. The van der Waals surface area contributed by atoms with E-state index in [0.29, 0.717) is 16.8 Å². The summed E-state index contributed by atoms with van der Waals surface area (Å²) in [5, 5.41) is 15.8. The van der Waals surface area contributed by atoms with Crippen LogP contribution in [0.4, 0.5) is 0 Å². The highest BCUT2D eigenvalue weighted by Crippen LogP contribution is 2.30. The molecule has 0 bridgehead atoms. The van der Waals surface area contributed by atoms with Crippen molar-refractivity contribution in [3.63, 3.8) is 0 Å². The topological polar surface area (TPSA) is 79.1 Å². The number of carbonyl (C=O) groups is 1. The van der Waals surface area contributed by atoms with Crippen LogP contribution in [0, 0.1) is 6.92 Å². The zero-order chi connectivity index (χ0) is 11.2. The summed E-state index contributed by atoms with van der Waals surface area (Å²) in [5.74, 6) is -0.189. The summed E-state index contributed by atoms with van der Waals surface area (Å²) >= 11 is 0. The minimum absolute atomic E-state index is 0.498. The van der Waals surface area contributed by atoms with Gasteiger partial charge in [0, 0.05) is 6.07 Å². The number of H-pyrrole nitrogens is 1. The van der Waals surface area contributed by atoms with Crippen LogP contribution in [-0.4, -0.2) is 21.3 Å². The molecule has 0 saturated heterocycles. The maximum atomic E-state index is 11.1. The summed E-state index contributed by atoms with van der Waals surface area (Å²) in [6.07, 6.45) is 0. The number of furan rings is 1. The molecule has 2 aromatic heterocycles. The number of hydrogen-bond donors (Lipinski definition) is 2. The van der Waals surface area contributed by atoms with Crippen LogP contribution in [0.15, 0.2) is 10.5 Å². The maximum Gasteiger partial charge on any atom is 0.315 e. The fourth-order valence-corrected chi connectivity index (χ4v) is 1.46. The normalized spacial score (nSPS) is 12.2. The Morgan fingerprint density at radius 2 is 2.27 bits per heavy atom. The van der Waals surface area contributed by atoms with Crippen LogP contribution in [0.5, 0.6) is 0 Å². The van der Waals surface area contributed by atoms with E-state index >= 15 is 0 Å². The van der Waals surface area contributed by atoms with E-state index in [4.69, 9.17) is 9.52 Å². The molecule has 5 heteroatoms. The molecule has 0 spiro atoms. The molecule has 15 heavy (non-hydrogen) atoms. The number of hydrogen-bond acceptors (Lipinski definition) is 3. The first-order chi connectivity index (χ1) is 6.93. The minimum atomic E-state index is -1.03. The van der Waals surface area contributed by atoms with Gasteiger partial charge in [0.25, 0.3) is 0 Å². The highest BCUT2D eigenvalue weighted by Gasteiger charge is 2.34. The van der Waals surface area contributed by atoms with Crippen LogP contribution >= 0.6 is 0 Å². The number of aromatic nitrogens is 2. The lowest BCUT2D eigenvalue weighted by molar-refractivity contribution is -0.142. The Bertz CT molecular complexity index is 522. The largest absolute Gasteiger partial charge is 0.481 e. The van der Waals surface area contributed by atoms with E-state index in [1.165, 1.54) is 0 Å². The van der Waals surface area contributed by atoms with E-state index in [1.807, 2.05) is 0 Å². The van der Waals surface area contributed by atoms with Gasteiger partial charge in [0.2, 0.25) is 0 Å². The molecule has 2 heterocycles. The number of nitrogens with zero attached hydrogens (tertiary/aromatic N) is 1. The van der Waals surface area contributed by atoms with E-state index in [9.17, 15) is 4.79 Å². The molecule has 0 amide bonds. The van der Waals surface area contributed by atoms with Crippen molar-refractivity contribution in [1.29, 1.82) is 0 Å². The van der Waals surface area contributed by atoms with E-state index in [-0.39, 0.29) is 0 Å². The van der Waals surface area contributed by atoms with Gasteiger partial charge >= 0.3 is 5.97 Å². The predicted octanol–water partition coefficient (Wildman–Crippen LogP) is 1.83. The van der Waals surface area contributed by atoms with Crippen LogP contribution in [-0.2, 0) is 10.2 Å². The van der Waals surface area contributed by atoms with Crippen molar-refractivity contribution >= 4 is 17.1 Å². The summed E-state index contributed by atoms with van der Waals surface area (Å²) in [4.78, 5) is 11.1. The molecular formula is C10H12N2O3. The average Bonchev–Trinajstić information content (AvgIpc) is 2.61. The Labute approximate surface area is 86.1 Å². The van der Waals surface area contributed by atoms with Gasteiger partial charge in [-0.1, -0.05) is 0 Å². The number of fused-ring (bicyclic) bond motifs is 1. The second-order valence-corrected chi connectivity index (χ2v) is 4.10. The van der Waals surface area contributed by atoms with Crippen LogP contribution < -0.4 is 0 Å². The maximum absolute atomic E-state index is 11.1. The highest BCUT2D eigenvalue weighted by atomic mass is 16.4. The van der Waals surface area contributed by atoms with Gasteiger partial charge in [0.1, 0.15) is 16.7 Å². The number of carboxylic acids is 1. The smallest absolute Gasteiger partial charge is 0.315 e. The minimum Gasteiger partial charge on any atom is -0.481 e. The van der Waals surface area contributed by atoms with Crippen molar-refractivity contribution < 1.29 is 14.3 Å². The number of carboxylic acid groups (broad SMARTS) is 1. The van der Waals surface area contributed by atoms with E-state index in [1.54, 1.807) is 26.8 Å². The van der Waals surface area contributed by atoms with Crippen molar-refractivity contribution in [2.45, 2.75) is 26.2 Å². The second-order valence-electron chi connectivity index (χ2n) is 4.10. The number of rotatable bonds is 2. The van der Waals surface area contributed by atoms with Crippen molar-refractivity contribution in [2.24, 2.45) is 0 Å². The summed E-state index contributed by atoms with van der Waals surface area (Å²) in [6, 6.07) is 1.77. The molecule has 2 N–H and O–H groups in total. The fraction of sp³-hybridized carbons (Fsp3) is 0.400. The monoisotopic (exact) mass is 208 g/mol. The molecule has 0 fully saturated rings. The molecule has 2 aromatic rings. The van der Waals surface area contributed by atoms with Gasteiger partial charge in [-0.2, -0.15) is 5.10 Å². The van der Waals surface area contributed by atoms with Crippen LogP contribution in [0.2, 0.25) is 0 Å². The Kier molecular flexibility index (Phi) is 1.86. The van der Waals surface area contributed by atoms with E-state index in [2.05, 4.69) is 10.2 Å². The Balaban J connectivity index is 2.65. The van der Waals surface area contributed by atoms with Crippen molar-refractivity contribution in [3.8, 4) is 0 Å². The molecule has 0 atom stereocenters. The molecular weight excluding hydrogens is 196 g/mol. The fourth-order valence-electron chi connectivity index (χ4n) is 1.46. The first-order valence-corrected chi connectivity index (χ1v) is 4.61. The van der Waals surface area contributed by atoms with Crippen LogP contribution in [0.1, 0.15) is 25.3 Å². The molecule has 0 aliphatic carbocycles. The van der Waals surface area contributed by atoms with Gasteiger partial charge in [-0.25, -0.2) is 0 Å². The Hall–Kier alpha value is -1.78. The second kappa shape index (κ2) is 2.85. The van der Waals surface area contributed by atoms with E-state index < -0.39 is 11.4 Å². The molecule has 5 nitrogen and oxygen atoms in total. The molecule has 0 aliphatic rings. The molecule has 0 aliphatic heterocycles. The lowest BCUT2D eigenvalue weighted by Gasteiger charge is -2.16. The van der Waals surface area contributed by atoms with E-state index in [0.717, 1.165) is 5.76 Å². The number of aliphatic carboxylic acids is 1. The van der Waals surface area contributed by atoms with Gasteiger partial charge in [-0.3, -0.25) is 9.89 Å². The standard InChI is InChI=1S/C10H12N2O3/c1-5-4-6-7(15-5)8(12-11-6)10(2,3)9(13)14/h4H,1-3H3,(H,11,12)(H,13,14). The van der Waals surface area contributed by atoms with Gasteiger partial charge in [0.05, 0.1) is 5.69 Å². The number of aryl methyl sites for hydroxylation is 1. The van der Waals surface area contributed by atoms with Gasteiger partial charge in [-0.05, 0) is 20.8 Å². The summed E-state index contributed by atoms with van der Waals surface area (Å²) in [6.45, 7) is 5.03.